The molecule has 0 aliphatic heterocycles. The normalized spacial score (nSPS) is 11.3. The summed E-state index contributed by atoms with van der Waals surface area (Å²) in [5.74, 6) is 0.800. The third kappa shape index (κ3) is 6.00. The van der Waals surface area contributed by atoms with E-state index >= 15 is 0 Å². The zero-order valence-electron chi connectivity index (χ0n) is 21.8. The first-order valence-electron chi connectivity index (χ1n) is 12.5. The number of aromatic nitrogens is 4. The Bertz CT molecular complexity index is 1680. The van der Waals surface area contributed by atoms with E-state index < -0.39 is 0 Å². The van der Waals surface area contributed by atoms with Crippen molar-refractivity contribution < 1.29 is 14.3 Å². The van der Waals surface area contributed by atoms with Gasteiger partial charge >= 0.3 is 0 Å². The second-order valence-corrected chi connectivity index (χ2v) is 9.39. The molecule has 8 nitrogen and oxygen atoms in total. The highest BCUT2D eigenvalue weighted by molar-refractivity contribution is 7.71. The summed E-state index contributed by atoms with van der Waals surface area (Å²) in [6.45, 7) is 2.65. The van der Waals surface area contributed by atoms with E-state index in [2.05, 4.69) is 39.1 Å². The fourth-order valence-corrected chi connectivity index (χ4v) is 4.71. The van der Waals surface area contributed by atoms with Crippen molar-refractivity contribution in [3.63, 3.8) is 0 Å². The van der Waals surface area contributed by atoms with E-state index in [4.69, 9.17) is 21.7 Å². The van der Waals surface area contributed by atoms with Gasteiger partial charge < -0.3 is 19.4 Å². The summed E-state index contributed by atoms with van der Waals surface area (Å²) in [5.41, 5.74) is 5.79. The Morgan fingerprint density at radius 2 is 1.92 bits per heavy atom. The number of ketones is 1. The molecular formula is C30H29N5O3S. The minimum Gasteiger partial charge on any atom is -0.497 e. The molecule has 9 heteroatoms. The van der Waals surface area contributed by atoms with Crippen molar-refractivity contribution in [1.82, 2.24) is 19.3 Å². The first kappa shape index (κ1) is 26.1. The Hall–Kier alpha value is -4.47. The maximum atomic E-state index is 13.0. The second-order valence-electron chi connectivity index (χ2n) is 9.00. The maximum Gasteiger partial charge on any atom is 0.199 e. The van der Waals surface area contributed by atoms with Crippen LogP contribution in [0.25, 0.3) is 22.7 Å². The molecule has 5 aromatic rings. The number of anilines is 1. The lowest BCUT2D eigenvalue weighted by atomic mass is 10.1. The highest BCUT2D eigenvalue weighted by Crippen LogP contribution is 2.26. The molecule has 0 amide bonds. The average Bonchev–Trinajstić information content (AvgIpc) is 3.51. The number of aromatic amines is 1. The van der Waals surface area contributed by atoms with Crippen molar-refractivity contribution in [2.24, 2.45) is 0 Å². The van der Waals surface area contributed by atoms with E-state index in [1.54, 1.807) is 24.1 Å². The SMILES string of the molecule is COc1ccc(/C=C\C(=O)Cc2c(C)c3ccccc3n2COCNc2cccc(-n3cn[nH]c3=S)c2)cc1. The molecule has 198 valence electrons. The van der Waals surface area contributed by atoms with Crippen molar-refractivity contribution in [3.05, 3.63) is 107 Å². The standard InChI is InChI=1S/C30H29N5O3S/c1-21-27-8-3-4-9-28(27)35(29(21)17-25(36)13-10-22-11-14-26(37-2)15-12-22)20-38-19-31-23-6-5-7-24(16-23)34-18-32-33-30(34)39/h3-16,18,31H,17,19-20H2,1-2H3,(H,33,39)/b13-10-. The van der Waals surface area contributed by atoms with Gasteiger partial charge in [0, 0.05) is 16.8 Å². The lowest BCUT2D eigenvalue weighted by Gasteiger charge is -2.13. The highest BCUT2D eigenvalue weighted by Gasteiger charge is 2.16. The van der Waals surface area contributed by atoms with Crippen LogP contribution in [0.3, 0.4) is 0 Å². The number of fused-ring (bicyclic) bond motifs is 1. The molecular weight excluding hydrogens is 510 g/mol. The number of nitrogens with zero attached hydrogens (tertiary/aromatic N) is 3. The van der Waals surface area contributed by atoms with E-state index in [1.165, 1.54) is 0 Å². The van der Waals surface area contributed by atoms with Crippen LogP contribution in [-0.2, 0) is 22.7 Å². The Morgan fingerprint density at radius 3 is 2.69 bits per heavy atom. The number of allylic oxidation sites excluding steroid dienone is 1. The van der Waals surface area contributed by atoms with Crippen LogP contribution in [0.5, 0.6) is 5.75 Å². The Morgan fingerprint density at radius 1 is 1.10 bits per heavy atom. The number of benzene rings is 3. The summed E-state index contributed by atoms with van der Waals surface area (Å²) < 4.78 is 15.6. The molecule has 0 saturated carbocycles. The van der Waals surface area contributed by atoms with Crippen LogP contribution in [0, 0.1) is 11.7 Å². The van der Waals surface area contributed by atoms with Crippen LogP contribution in [0.15, 0.2) is 85.2 Å². The third-order valence-corrected chi connectivity index (χ3v) is 6.84. The average molecular weight is 540 g/mol. The smallest absolute Gasteiger partial charge is 0.199 e. The van der Waals surface area contributed by atoms with Gasteiger partial charge in [0.2, 0.25) is 0 Å². The molecule has 0 bridgehead atoms. The molecule has 0 aliphatic carbocycles. The minimum atomic E-state index is 0.0192. The first-order chi connectivity index (χ1) is 19.0. The van der Waals surface area contributed by atoms with E-state index in [9.17, 15) is 4.79 Å². The molecule has 0 radical (unpaired) electrons. The lowest BCUT2D eigenvalue weighted by molar-refractivity contribution is -0.114. The van der Waals surface area contributed by atoms with Crippen LogP contribution >= 0.6 is 12.2 Å². The number of para-hydroxylation sites is 1. The molecule has 39 heavy (non-hydrogen) atoms. The molecule has 5 rings (SSSR count). The third-order valence-electron chi connectivity index (χ3n) is 6.55. The number of hydrogen-bond donors (Lipinski definition) is 2. The predicted octanol–water partition coefficient (Wildman–Crippen LogP) is 6.07. The summed E-state index contributed by atoms with van der Waals surface area (Å²) in [6, 6.07) is 23.6. The molecule has 0 spiro atoms. The molecule has 0 aliphatic rings. The van der Waals surface area contributed by atoms with Gasteiger partial charge in [0.05, 0.1) is 24.7 Å². The summed E-state index contributed by atoms with van der Waals surface area (Å²) in [6.07, 6.45) is 5.38. The number of hydrogen-bond acceptors (Lipinski definition) is 6. The zero-order valence-corrected chi connectivity index (χ0v) is 22.6. The molecule has 2 heterocycles. The van der Waals surface area contributed by atoms with Crippen molar-refractivity contribution in [1.29, 1.82) is 0 Å². The summed E-state index contributed by atoms with van der Waals surface area (Å²) in [7, 11) is 1.63. The molecule has 0 atom stereocenters. The summed E-state index contributed by atoms with van der Waals surface area (Å²) in [4.78, 5) is 13.0. The van der Waals surface area contributed by atoms with Crippen LogP contribution in [0.2, 0.25) is 0 Å². The van der Waals surface area contributed by atoms with E-state index in [-0.39, 0.29) is 18.9 Å². The molecule has 2 N–H and O–H groups in total. The topological polar surface area (TPSA) is 86.1 Å². The van der Waals surface area contributed by atoms with Gasteiger partial charge in [0.15, 0.2) is 10.6 Å². The zero-order chi connectivity index (χ0) is 27.2. The number of nitrogens with one attached hydrogen (secondary N) is 2. The van der Waals surface area contributed by atoms with E-state index in [0.717, 1.165) is 44.8 Å². The Labute approximate surface area is 231 Å². The van der Waals surface area contributed by atoms with Crippen LogP contribution in [0.4, 0.5) is 5.69 Å². The monoisotopic (exact) mass is 539 g/mol. The highest BCUT2D eigenvalue weighted by atomic mass is 32.1. The molecule has 0 saturated heterocycles. The van der Waals surface area contributed by atoms with Gasteiger partial charge in [-0.05, 0) is 72.7 Å². The quantitative estimate of drug-likeness (QED) is 0.0917. The summed E-state index contributed by atoms with van der Waals surface area (Å²) in [5, 5.41) is 11.1. The number of rotatable bonds is 11. The number of ether oxygens (including phenoxy) is 2. The molecule has 3 aromatic carbocycles. The van der Waals surface area contributed by atoms with Crippen molar-refractivity contribution >= 4 is 40.7 Å². The van der Waals surface area contributed by atoms with Gasteiger partial charge in [0.25, 0.3) is 0 Å². The number of methoxy groups -OCH3 is 1. The van der Waals surface area contributed by atoms with Crippen molar-refractivity contribution in [3.8, 4) is 11.4 Å². The lowest BCUT2D eigenvalue weighted by Crippen LogP contribution is -2.14. The minimum absolute atomic E-state index is 0.0192. The molecule has 2 aromatic heterocycles. The van der Waals surface area contributed by atoms with Crippen LogP contribution < -0.4 is 10.1 Å². The second kappa shape index (κ2) is 11.9. The summed E-state index contributed by atoms with van der Waals surface area (Å²) >= 11 is 5.27. The fourth-order valence-electron chi connectivity index (χ4n) is 4.50. The van der Waals surface area contributed by atoms with Gasteiger partial charge in [-0.25, -0.2) is 0 Å². The molecule has 0 unspecified atom stereocenters. The number of carbonyl (C=O) groups is 1. The van der Waals surface area contributed by atoms with Crippen LogP contribution in [-0.4, -0.2) is 39.0 Å². The number of aryl methyl sites for hydroxylation is 1. The predicted molar refractivity (Wildman–Crippen MR) is 156 cm³/mol. The Kier molecular flexibility index (Phi) is 8.00. The number of carbonyl (C=O) groups excluding carboxylic acids is 1. The molecule has 0 fully saturated rings. The van der Waals surface area contributed by atoms with Gasteiger partial charge in [-0.1, -0.05) is 42.5 Å². The van der Waals surface area contributed by atoms with Gasteiger partial charge in [0.1, 0.15) is 25.5 Å². The first-order valence-corrected chi connectivity index (χ1v) is 12.9. The van der Waals surface area contributed by atoms with Gasteiger partial charge in [-0.3, -0.25) is 14.5 Å². The maximum absolute atomic E-state index is 13.0. The van der Waals surface area contributed by atoms with E-state index in [0.29, 0.717) is 11.5 Å². The van der Waals surface area contributed by atoms with Gasteiger partial charge in [-0.15, -0.1) is 0 Å². The van der Waals surface area contributed by atoms with Crippen molar-refractivity contribution in [2.75, 3.05) is 19.2 Å². The number of H-pyrrole nitrogens is 1. The van der Waals surface area contributed by atoms with E-state index in [1.807, 2.05) is 66.7 Å². The largest absolute Gasteiger partial charge is 0.497 e. The van der Waals surface area contributed by atoms with Gasteiger partial charge in [-0.2, -0.15) is 5.10 Å². The Balaban J connectivity index is 1.27. The fraction of sp³-hybridized carbons (Fsp3) is 0.167. The van der Waals surface area contributed by atoms with Crippen LogP contribution in [0.1, 0.15) is 16.8 Å². The van der Waals surface area contributed by atoms with Crippen molar-refractivity contribution in [2.45, 2.75) is 20.1 Å².